The van der Waals surface area contributed by atoms with Gasteiger partial charge in [-0.2, -0.15) is 0 Å². The van der Waals surface area contributed by atoms with Gasteiger partial charge in [-0.3, -0.25) is 9.88 Å². The smallest absolute Gasteiger partial charge is 0.128 e. The van der Waals surface area contributed by atoms with Crippen molar-refractivity contribution in [1.29, 1.82) is 0 Å². The average molecular weight is 296 g/mol. The van der Waals surface area contributed by atoms with Crippen LogP contribution in [-0.2, 0) is 6.54 Å². The van der Waals surface area contributed by atoms with Gasteiger partial charge in [-0.25, -0.2) is 4.98 Å². The van der Waals surface area contributed by atoms with Crippen LogP contribution in [0.5, 0.6) is 0 Å². The van der Waals surface area contributed by atoms with Crippen LogP contribution in [0.3, 0.4) is 0 Å². The predicted molar refractivity (Wildman–Crippen MR) is 90.1 cm³/mol. The van der Waals surface area contributed by atoms with Gasteiger partial charge >= 0.3 is 0 Å². The number of hydrogen-bond donors (Lipinski definition) is 0. The number of hydrogen-bond acceptors (Lipinski definition) is 4. The minimum absolute atomic E-state index is 0.609. The van der Waals surface area contributed by atoms with Crippen LogP contribution in [0, 0.1) is 0 Å². The summed E-state index contributed by atoms with van der Waals surface area (Å²) in [6, 6.07) is 8.63. The average Bonchev–Trinajstić information content (AvgIpc) is 2.56. The molecule has 4 heteroatoms. The van der Waals surface area contributed by atoms with Gasteiger partial charge in [0.25, 0.3) is 0 Å². The van der Waals surface area contributed by atoms with E-state index in [0.29, 0.717) is 5.92 Å². The molecule has 0 saturated carbocycles. The third-order valence-electron chi connectivity index (χ3n) is 4.36. The van der Waals surface area contributed by atoms with E-state index in [1.165, 1.54) is 30.5 Å². The van der Waals surface area contributed by atoms with Gasteiger partial charge in [0, 0.05) is 45.8 Å². The maximum atomic E-state index is 4.43. The van der Waals surface area contributed by atoms with Crippen LogP contribution in [-0.4, -0.2) is 42.1 Å². The lowest BCUT2D eigenvalue weighted by molar-refractivity contribution is 0.200. The van der Waals surface area contributed by atoms with E-state index in [-0.39, 0.29) is 0 Å². The molecule has 0 unspecified atom stereocenters. The van der Waals surface area contributed by atoms with Gasteiger partial charge in [-0.05, 0) is 60.7 Å². The number of pyridine rings is 2. The van der Waals surface area contributed by atoms with Crippen molar-refractivity contribution in [3.63, 3.8) is 0 Å². The molecule has 3 rings (SSSR count). The molecule has 1 atom stereocenters. The Morgan fingerprint density at radius 3 is 2.77 bits per heavy atom. The molecule has 0 spiro atoms. The summed E-state index contributed by atoms with van der Waals surface area (Å²) >= 11 is 0. The van der Waals surface area contributed by atoms with Gasteiger partial charge in [-0.1, -0.05) is 0 Å². The predicted octanol–water partition coefficient (Wildman–Crippen LogP) is 2.92. The van der Waals surface area contributed by atoms with Crippen LogP contribution in [0.25, 0.3) is 0 Å². The Balaban J connectivity index is 1.69. The van der Waals surface area contributed by atoms with Gasteiger partial charge < -0.3 is 4.90 Å². The van der Waals surface area contributed by atoms with E-state index in [0.717, 1.165) is 18.9 Å². The Kier molecular flexibility index (Phi) is 4.68. The van der Waals surface area contributed by atoms with Crippen molar-refractivity contribution in [2.45, 2.75) is 25.3 Å². The Morgan fingerprint density at radius 1 is 1.18 bits per heavy atom. The number of nitrogens with zero attached hydrogens (tertiary/aromatic N) is 4. The molecule has 1 saturated heterocycles. The van der Waals surface area contributed by atoms with Crippen LogP contribution in [0.15, 0.2) is 42.9 Å². The van der Waals surface area contributed by atoms with Gasteiger partial charge in [0.1, 0.15) is 5.82 Å². The lowest BCUT2D eigenvalue weighted by Crippen LogP contribution is -2.34. The topological polar surface area (TPSA) is 32.3 Å². The van der Waals surface area contributed by atoms with E-state index in [9.17, 15) is 0 Å². The molecule has 0 N–H and O–H groups in total. The fraction of sp³-hybridized carbons (Fsp3) is 0.444. The number of piperidine rings is 1. The van der Waals surface area contributed by atoms with Crippen molar-refractivity contribution in [3.8, 4) is 0 Å². The van der Waals surface area contributed by atoms with E-state index in [1.54, 1.807) is 0 Å². The van der Waals surface area contributed by atoms with Crippen molar-refractivity contribution in [2.24, 2.45) is 0 Å². The lowest BCUT2D eigenvalue weighted by atomic mass is 9.91. The van der Waals surface area contributed by atoms with E-state index < -0.39 is 0 Å². The standard InChI is InChI=1S/C18H24N4/c1-21(2)18-12-16(7-10-20-18)17-4-3-11-22(14-17)13-15-5-8-19-9-6-15/h5-10,12,17H,3-4,11,13-14H2,1-2H3/t17-/m0/s1. The van der Waals surface area contributed by atoms with E-state index in [4.69, 9.17) is 0 Å². The molecule has 4 nitrogen and oxygen atoms in total. The highest BCUT2D eigenvalue weighted by molar-refractivity contribution is 5.40. The lowest BCUT2D eigenvalue weighted by Gasteiger charge is -2.33. The highest BCUT2D eigenvalue weighted by Crippen LogP contribution is 2.28. The minimum atomic E-state index is 0.609. The summed E-state index contributed by atoms with van der Waals surface area (Å²) < 4.78 is 0. The van der Waals surface area contributed by atoms with Crippen LogP contribution < -0.4 is 4.90 Å². The quantitative estimate of drug-likeness (QED) is 0.868. The number of rotatable bonds is 4. The zero-order valence-electron chi connectivity index (χ0n) is 13.4. The zero-order chi connectivity index (χ0) is 15.4. The SMILES string of the molecule is CN(C)c1cc([C@H]2CCCN(Cc3ccncc3)C2)ccn1. The van der Waals surface area contributed by atoms with Crippen molar-refractivity contribution in [2.75, 3.05) is 32.1 Å². The van der Waals surface area contributed by atoms with E-state index in [2.05, 4.69) is 44.0 Å². The second-order valence-electron chi connectivity index (χ2n) is 6.27. The zero-order valence-corrected chi connectivity index (χ0v) is 13.4. The third kappa shape index (κ3) is 3.63. The van der Waals surface area contributed by atoms with Crippen molar-refractivity contribution in [1.82, 2.24) is 14.9 Å². The Hall–Kier alpha value is -1.94. The molecule has 0 aromatic carbocycles. The Bertz CT molecular complexity index is 597. The third-order valence-corrected chi connectivity index (χ3v) is 4.36. The summed E-state index contributed by atoms with van der Waals surface area (Å²) in [5.74, 6) is 1.65. The summed E-state index contributed by atoms with van der Waals surface area (Å²) in [6.45, 7) is 3.33. The number of aromatic nitrogens is 2. The molecule has 22 heavy (non-hydrogen) atoms. The first-order chi connectivity index (χ1) is 10.7. The first-order valence-electron chi connectivity index (χ1n) is 7.97. The molecule has 116 valence electrons. The largest absolute Gasteiger partial charge is 0.363 e. The van der Waals surface area contributed by atoms with Crippen molar-refractivity contribution in [3.05, 3.63) is 54.0 Å². The fourth-order valence-electron chi connectivity index (χ4n) is 3.15. The van der Waals surface area contributed by atoms with Crippen molar-refractivity contribution < 1.29 is 0 Å². The highest BCUT2D eigenvalue weighted by atomic mass is 15.1. The molecule has 0 aliphatic carbocycles. The fourth-order valence-corrected chi connectivity index (χ4v) is 3.15. The van der Waals surface area contributed by atoms with Crippen LogP contribution in [0.4, 0.5) is 5.82 Å². The van der Waals surface area contributed by atoms with Gasteiger partial charge in [0.05, 0.1) is 0 Å². The Morgan fingerprint density at radius 2 is 2.00 bits per heavy atom. The molecule has 2 aromatic heterocycles. The Labute approximate surface area is 132 Å². The van der Waals surface area contributed by atoms with Crippen LogP contribution >= 0.6 is 0 Å². The number of anilines is 1. The molecular formula is C18H24N4. The normalized spacial score (nSPS) is 19.1. The second-order valence-corrected chi connectivity index (χ2v) is 6.27. The molecule has 0 bridgehead atoms. The van der Waals surface area contributed by atoms with Gasteiger partial charge in [-0.15, -0.1) is 0 Å². The molecule has 1 aliphatic rings. The summed E-state index contributed by atoms with van der Waals surface area (Å²) in [7, 11) is 4.09. The summed E-state index contributed by atoms with van der Waals surface area (Å²) in [5, 5.41) is 0. The van der Waals surface area contributed by atoms with E-state index in [1.807, 2.05) is 32.7 Å². The summed E-state index contributed by atoms with van der Waals surface area (Å²) in [6.07, 6.45) is 8.22. The summed E-state index contributed by atoms with van der Waals surface area (Å²) in [5.41, 5.74) is 2.76. The molecule has 3 heterocycles. The molecular weight excluding hydrogens is 272 g/mol. The molecule has 1 fully saturated rings. The summed E-state index contributed by atoms with van der Waals surface area (Å²) in [4.78, 5) is 13.1. The molecule has 1 aliphatic heterocycles. The van der Waals surface area contributed by atoms with E-state index >= 15 is 0 Å². The molecule has 2 aromatic rings. The van der Waals surface area contributed by atoms with Gasteiger partial charge in [0.15, 0.2) is 0 Å². The van der Waals surface area contributed by atoms with Crippen LogP contribution in [0.1, 0.15) is 29.9 Å². The maximum absolute atomic E-state index is 4.43. The van der Waals surface area contributed by atoms with Crippen LogP contribution in [0.2, 0.25) is 0 Å². The first kappa shape index (κ1) is 15.0. The molecule has 0 radical (unpaired) electrons. The van der Waals surface area contributed by atoms with Gasteiger partial charge in [0.2, 0.25) is 0 Å². The van der Waals surface area contributed by atoms with Crippen molar-refractivity contribution >= 4 is 5.82 Å². The first-order valence-corrected chi connectivity index (χ1v) is 7.97. The second kappa shape index (κ2) is 6.88. The highest BCUT2D eigenvalue weighted by Gasteiger charge is 2.21. The monoisotopic (exact) mass is 296 g/mol. The number of likely N-dealkylation sites (tertiary alicyclic amines) is 1. The maximum Gasteiger partial charge on any atom is 0.128 e. The molecule has 0 amide bonds. The minimum Gasteiger partial charge on any atom is -0.363 e.